The van der Waals surface area contributed by atoms with Crippen LogP contribution in [0.2, 0.25) is 0 Å². The van der Waals surface area contributed by atoms with Crippen molar-refractivity contribution in [3.8, 4) is 5.75 Å². The van der Waals surface area contributed by atoms with Crippen molar-refractivity contribution in [2.75, 3.05) is 32.7 Å². The normalized spacial score (nSPS) is 14.1. The van der Waals surface area contributed by atoms with E-state index in [1.165, 1.54) is 12.0 Å². The van der Waals surface area contributed by atoms with Crippen LogP contribution in [0.1, 0.15) is 11.1 Å². The summed E-state index contributed by atoms with van der Waals surface area (Å²) >= 11 is 0. The van der Waals surface area contributed by atoms with Gasteiger partial charge in [0.15, 0.2) is 0 Å². The van der Waals surface area contributed by atoms with E-state index in [9.17, 15) is 9.59 Å². The predicted molar refractivity (Wildman–Crippen MR) is 103 cm³/mol. The summed E-state index contributed by atoms with van der Waals surface area (Å²) in [6.07, 6.45) is 0. The molecule has 0 saturated heterocycles. The predicted octanol–water partition coefficient (Wildman–Crippen LogP) is 2.84. The van der Waals surface area contributed by atoms with E-state index in [-0.39, 0.29) is 30.7 Å². The highest BCUT2D eigenvalue weighted by atomic mass is 16.5. The van der Waals surface area contributed by atoms with Crippen molar-refractivity contribution in [3.63, 3.8) is 0 Å². The van der Waals surface area contributed by atoms with E-state index < -0.39 is 0 Å². The number of benzene rings is 2. The molecule has 2 aromatic carbocycles. The lowest BCUT2D eigenvalue weighted by atomic mass is 10.0. The van der Waals surface area contributed by atoms with Crippen LogP contribution in [0.5, 0.6) is 5.75 Å². The largest absolute Gasteiger partial charge is 0.497 e. The Morgan fingerprint density at radius 3 is 2.19 bits per heavy atom. The smallest absolute Gasteiger partial charge is 0.278 e. The summed E-state index contributed by atoms with van der Waals surface area (Å²) in [6.45, 7) is 2.47. The fraction of sp³-hybridized carbons (Fsp3) is 0.238. The summed E-state index contributed by atoms with van der Waals surface area (Å²) in [5.74, 6) is -0.0133. The molecule has 140 valence electrons. The number of carbonyl (C=O) groups excluding carboxylic acids is 2. The third kappa shape index (κ3) is 3.85. The summed E-state index contributed by atoms with van der Waals surface area (Å²) in [5, 5.41) is 3.13. The van der Waals surface area contributed by atoms with Gasteiger partial charge in [-0.25, -0.2) is 0 Å². The van der Waals surface area contributed by atoms with Crippen molar-refractivity contribution in [1.82, 2.24) is 4.90 Å². The van der Waals surface area contributed by atoms with Crippen molar-refractivity contribution < 1.29 is 19.1 Å². The maximum absolute atomic E-state index is 13.0. The summed E-state index contributed by atoms with van der Waals surface area (Å²) in [6, 6.07) is 14.7. The number of rotatable bonds is 7. The molecule has 0 unspecified atom stereocenters. The quantitative estimate of drug-likeness (QED) is 0.763. The Labute approximate surface area is 158 Å². The van der Waals surface area contributed by atoms with Crippen LogP contribution in [-0.2, 0) is 14.3 Å². The average molecular weight is 366 g/mol. The minimum Gasteiger partial charge on any atom is -0.497 e. The van der Waals surface area contributed by atoms with E-state index >= 15 is 0 Å². The van der Waals surface area contributed by atoms with Crippen molar-refractivity contribution >= 4 is 23.1 Å². The number of aryl methyl sites for hydroxylation is 1. The second kappa shape index (κ2) is 8.05. The summed E-state index contributed by atoms with van der Waals surface area (Å²) in [5.41, 5.74) is 3.13. The van der Waals surface area contributed by atoms with Gasteiger partial charge in [0.2, 0.25) is 0 Å². The number of hydrogen-bond donors (Lipinski definition) is 1. The minimum absolute atomic E-state index is 0.201. The van der Waals surface area contributed by atoms with Crippen LogP contribution in [-0.4, -0.2) is 44.1 Å². The van der Waals surface area contributed by atoms with Crippen molar-refractivity contribution in [3.05, 3.63) is 65.4 Å². The first-order chi connectivity index (χ1) is 13.0. The third-order valence-corrected chi connectivity index (χ3v) is 4.39. The molecule has 0 atom stereocenters. The third-order valence-electron chi connectivity index (χ3n) is 4.39. The highest BCUT2D eigenvalue weighted by Crippen LogP contribution is 2.31. The number of anilines is 1. The number of nitrogens with zero attached hydrogens (tertiary/aromatic N) is 1. The lowest BCUT2D eigenvalue weighted by Crippen LogP contribution is -2.35. The Balaban J connectivity index is 2.01. The van der Waals surface area contributed by atoms with E-state index in [0.717, 1.165) is 11.3 Å². The number of nitrogens with one attached hydrogen (secondary N) is 1. The maximum atomic E-state index is 13.0. The molecule has 2 amide bonds. The van der Waals surface area contributed by atoms with E-state index in [1.807, 2.05) is 31.2 Å². The van der Waals surface area contributed by atoms with Crippen LogP contribution >= 0.6 is 0 Å². The molecule has 0 aromatic heterocycles. The molecule has 2 aromatic rings. The Morgan fingerprint density at radius 1 is 0.926 bits per heavy atom. The van der Waals surface area contributed by atoms with E-state index in [2.05, 4.69) is 5.32 Å². The van der Waals surface area contributed by atoms with Crippen LogP contribution in [0.15, 0.2) is 54.2 Å². The molecule has 1 N–H and O–H groups in total. The van der Waals surface area contributed by atoms with Crippen LogP contribution in [0, 0.1) is 6.92 Å². The van der Waals surface area contributed by atoms with E-state index in [1.54, 1.807) is 31.4 Å². The molecule has 0 bridgehead atoms. The Morgan fingerprint density at radius 2 is 1.59 bits per heavy atom. The SMILES string of the molecule is COCCN1C(=O)C(Nc2ccc(C)cc2)=C(c2ccc(OC)cc2)C1=O. The molecule has 0 radical (unpaired) electrons. The zero-order chi connectivity index (χ0) is 19.4. The van der Waals surface area contributed by atoms with Crippen molar-refractivity contribution in [2.45, 2.75) is 6.92 Å². The fourth-order valence-corrected chi connectivity index (χ4v) is 2.88. The van der Waals surface area contributed by atoms with Crippen LogP contribution in [0.3, 0.4) is 0 Å². The second-order valence-electron chi connectivity index (χ2n) is 6.22. The van der Waals surface area contributed by atoms with Gasteiger partial charge in [-0.15, -0.1) is 0 Å². The van der Waals surface area contributed by atoms with Crippen molar-refractivity contribution in [2.24, 2.45) is 0 Å². The molecule has 0 fully saturated rings. The van der Waals surface area contributed by atoms with Crippen molar-refractivity contribution in [1.29, 1.82) is 0 Å². The molecule has 1 aliphatic heterocycles. The van der Waals surface area contributed by atoms with Gasteiger partial charge in [-0.1, -0.05) is 29.8 Å². The Kier molecular flexibility index (Phi) is 5.57. The van der Waals surface area contributed by atoms with Gasteiger partial charge in [0.25, 0.3) is 11.8 Å². The van der Waals surface area contributed by atoms with Crippen LogP contribution < -0.4 is 10.1 Å². The van der Waals surface area contributed by atoms with Gasteiger partial charge in [0, 0.05) is 12.8 Å². The van der Waals surface area contributed by atoms with Gasteiger partial charge in [-0.05, 0) is 36.8 Å². The number of hydrogen-bond acceptors (Lipinski definition) is 5. The Bertz CT molecular complexity index is 870. The minimum atomic E-state index is -0.358. The summed E-state index contributed by atoms with van der Waals surface area (Å²) in [7, 11) is 3.11. The summed E-state index contributed by atoms with van der Waals surface area (Å²) in [4.78, 5) is 27.1. The highest BCUT2D eigenvalue weighted by molar-refractivity contribution is 6.36. The molecule has 1 aliphatic rings. The van der Waals surface area contributed by atoms with Gasteiger partial charge in [0.05, 0.1) is 25.8 Å². The summed E-state index contributed by atoms with van der Waals surface area (Å²) < 4.78 is 10.2. The molecule has 27 heavy (non-hydrogen) atoms. The molecule has 3 rings (SSSR count). The highest BCUT2D eigenvalue weighted by Gasteiger charge is 2.38. The van der Waals surface area contributed by atoms with Gasteiger partial charge in [-0.2, -0.15) is 0 Å². The van der Waals surface area contributed by atoms with Crippen LogP contribution in [0.25, 0.3) is 5.57 Å². The average Bonchev–Trinajstić information content (AvgIpc) is 2.91. The van der Waals surface area contributed by atoms with Gasteiger partial charge in [-0.3, -0.25) is 14.5 Å². The topological polar surface area (TPSA) is 67.9 Å². The number of ether oxygens (including phenoxy) is 2. The molecule has 0 aliphatic carbocycles. The van der Waals surface area contributed by atoms with Gasteiger partial charge < -0.3 is 14.8 Å². The fourth-order valence-electron chi connectivity index (χ4n) is 2.88. The van der Waals surface area contributed by atoms with Crippen LogP contribution in [0.4, 0.5) is 5.69 Å². The first kappa shape index (κ1) is 18.7. The molecule has 1 heterocycles. The van der Waals surface area contributed by atoms with E-state index in [4.69, 9.17) is 9.47 Å². The first-order valence-electron chi connectivity index (χ1n) is 8.62. The first-order valence-corrected chi connectivity index (χ1v) is 8.62. The molecular weight excluding hydrogens is 344 g/mol. The standard InChI is InChI=1S/C21H22N2O4/c1-14-4-8-16(9-5-14)22-19-18(15-6-10-17(27-3)11-7-15)20(24)23(21(19)25)12-13-26-2/h4-11,22H,12-13H2,1-3H3. The number of carbonyl (C=O) groups is 2. The molecule has 6 nitrogen and oxygen atoms in total. The van der Waals surface area contributed by atoms with Gasteiger partial charge >= 0.3 is 0 Å². The molecule has 0 saturated carbocycles. The van der Waals surface area contributed by atoms with Gasteiger partial charge in [0.1, 0.15) is 11.4 Å². The monoisotopic (exact) mass is 366 g/mol. The van der Waals surface area contributed by atoms with E-state index in [0.29, 0.717) is 16.9 Å². The zero-order valence-electron chi connectivity index (χ0n) is 15.6. The zero-order valence-corrected chi connectivity index (χ0v) is 15.6. The lowest BCUT2D eigenvalue weighted by Gasteiger charge is -2.14. The lowest BCUT2D eigenvalue weighted by molar-refractivity contribution is -0.137. The number of amides is 2. The molecular formula is C21H22N2O4. The Hall–Kier alpha value is -3.12. The molecule has 0 spiro atoms. The molecule has 6 heteroatoms. The number of imide groups is 1. The number of methoxy groups -OCH3 is 2. The second-order valence-corrected chi connectivity index (χ2v) is 6.22. The maximum Gasteiger partial charge on any atom is 0.278 e.